The van der Waals surface area contributed by atoms with Gasteiger partial charge in [-0.2, -0.15) is 0 Å². The van der Waals surface area contributed by atoms with Crippen molar-refractivity contribution in [3.63, 3.8) is 0 Å². The minimum Gasteiger partial charge on any atom is -0.445 e. The summed E-state index contributed by atoms with van der Waals surface area (Å²) in [6.07, 6.45) is 0.327. The molecule has 2 aromatic rings. The smallest absolute Gasteiger partial charge is 0.410 e. The van der Waals surface area contributed by atoms with Crippen LogP contribution in [0.2, 0.25) is 0 Å². The van der Waals surface area contributed by atoms with Crippen LogP contribution < -0.4 is 27.0 Å². The van der Waals surface area contributed by atoms with E-state index in [1.54, 1.807) is 80.9 Å². The van der Waals surface area contributed by atoms with Gasteiger partial charge in [0.15, 0.2) is 0 Å². The first-order chi connectivity index (χ1) is 34.1. The third-order valence-electron chi connectivity index (χ3n) is 13.8. The van der Waals surface area contributed by atoms with Gasteiger partial charge in [-0.05, 0) is 73.6 Å². The van der Waals surface area contributed by atoms with Crippen LogP contribution in [0.25, 0.3) is 0 Å². The van der Waals surface area contributed by atoms with Crippen molar-refractivity contribution in [3.8, 4) is 0 Å². The Morgan fingerprint density at radius 2 is 1.49 bits per heavy atom. The Bertz CT molecular complexity index is 2060. The molecule has 1 fully saturated rings. The van der Waals surface area contributed by atoms with Gasteiger partial charge >= 0.3 is 12.1 Å². The van der Waals surface area contributed by atoms with Crippen LogP contribution in [-0.4, -0.2) is 145 Å². The van der Waals surface area contributed by atoms with E-state index in [0.717, 1.165) is 0 Å². The van der Waals surface area contributed by atoms with Gasteiger partial charge < -0.3 is 56.1 Å². The van der Waals surface area contributed by atoms with Crippen molar-refractivity contribution in [2.45, 2.75) is 155 Å². The van der Waals surface area contributed by atoms with Crippen molar-refractivity contribution in [1.82, 2.24) is 30.7 Å². The number of carbonyl (C=O) groups is 7. The molecular weight excluding hydrogens is 925 g/mol. The summed E-state index contributed by atoms with van der Waals surface area (Å²) < 4.78 is 17.6. The lowest BCUT2D eigenvalue weighted by Gasteiger charge is -2.41. The van der Waals surface area contributed by atoms with Crippen molar-refractivity contribution >= 4 is 47.3 Å². The number of nitrogens with one attached hydrogen (secondary N) is 4. The average Bonchev–Trinajstić information content (AvgIpc) is 3.84. The Hall–Kier alpha value is -5.79. The predicted octanol–water partition coefficient (Wildman–Crippen LogP) is 5.36. The van der Waals surface area contributed by atoms with Crippen molar-refractivity contribution in [2.75, 3.05) is 46.7 Å². The van der Waals surface area contributed by atoms with Crippen molar-refractivity contribution < 1.29 is 52.9 Å². The highest BCUT2D eigenvalue weighted by molar-refractivity contribution is 5.92. The Kier molecular flexibility index (Phi) is 24.9. The molecule has 7 N–H and O–H groups in total. The number of aliphatic hydroxyl groups is 1. The van der Waals surface area contributed by atoms with Crippen molar-refractivity contribution in [2.24, 2.45) is 29.4 Å². The number of rotatable bonds is 28. The molecule has 72 heavy (non-hydrogen) atoms. The highest BCUT2D eigenvalue weighted by Crippen LogP contribution is 2.30. The molecule has 402 valence electrons. The number of aliphatic hydroxyl groups excluding tert-OH is 1. The zero-order valence-electron chi connectivity index (χ0n) is 44.6. The van der Waals surface area contributed by atoms with E-state index < -0.39 is 72.5 Å². The number of amides is 8. The highest BCUT2D eigenvalue weighted by Gasteiger charge is 2.44. The standard InChI is InChI=1S/C53H84N8O11/c1-13-34(6)46(41(70-11)30-43(63)61-29-19-22-40(61)48(71-12)35(7)49(65)56-36(8)47(64)38-20-15-14-16-21-38)59(9)51(67)44(32(2)3)58-50(66)45(33(4)5)60(10)53(69)72-31-37-24-26-39(27-25-37)57-42(62)23-17-18-28-55-52(54)68/h14-16,20-21,24-27,32-36,40-41,44-48,64H,13,17-19,22-23,28-31H2,1-12H3,(H,56,65)(H,57,62)(H,58,66)(H3,54,55,68)/t34-,35+,36+,40-,41+,44+,45?,46-,47?,48+/m0/s1. The molecule has 2 unspecified atom stereocenters. The molecular formula is C53H84N8O11. The third kappa shape index (κ3) is 17.5. The Labute approximate surface area is 427 Å². The molecule has 0 saturated carbocycles. The van der Waals surface area contributed by atoms with E-state index >= 15 is 0 Å². The van der Waals surface area contributed by atoms with E-state index in [1.165, 1.54) is 26.2 Å². The van der Waals surface area contributed by atoms with Crippen LogP contribution in [-0.2, 0) is 44.8 Å². The lowest BCUT2D eigenvalue weighted by atomic mass is 9.89. The minimum atomic E-state index is -1.00. The normalized spacial score (nSPS) is 17.3. The van der Waals surface area contributed by atoms with Gasteiger partial charge in [0, 0.05) is 53.5 Å². The fraction of sp³-hybridized carbons (Fsp3) is 0.642. The van der Waals surface area contributed by atoms with Gasteiger partial charge in [0.2, 0.25) is 29.5 Å². The number of benzene rings is 2. The molecule has 1 aliphatic rings. The second kappa shape index (κ2) is 29.7. The number of urea groups is 1. The topological polar surface area (TPSA) is 251 Å². The van der Waals surface area contributed by atoms with E-state index in [0.29, 0.717) is 62.0 Å². The van der Waals surface area contributed by atoms with Gasteiger partial charge in [-0.15, -0.1) is 0 Å². The number of methoxy groups -OCH3 is 2. The summed E-state index contributed by atoms with van der Waals surface area (Å²) in [5, 5.41) is 22.1. The molecule has 19 nitrogen and oxygen atoms in total. The highest BCUT2D eigenvalue weighted by atomic mass is 16.6. The number of hydrogen-bond donors (Lipinski definition) is 6. The summed E-state index contributed by atoms with van der Waals surface area (Å²) in [6, 6.07) is 11.7. The zero-order chi connectivity index (χ0) is 53.8. The molecule has 0 spiro atoms. The summed E-state index contributed by atoms with van der Waals surface area (Å²) >= 11 is 0. The van der Waals surface area contributed by atoms with Gasteiger partial charge in [-0.1, -0.05) is 97.4 Å². The van der Waals surface area contributed by atoms with Crippen LogP contribution in [0.3, 0.4) is 0 Å². The second-order valence-corrected chi connectivity index (χ2v) is 19.8. The molecule has 0 aliphatic carbocycles. The average molecular weight is 1010 g/mol. The molecule has 0 radical (unpaired) electrons. The largest absolute Gasteiger partial charge is 0.445 e. The Morgan fingerprint density at radius 1 is 0.833 bits per heavy atom. The first kappa shape index (κ1) is 60.5. The fourth-order valence-electron chi connectivity index (χ4n) is 9.47. The SMILES string of the molecule is CC[C@H](C)[C@@H]([C@@H](CC(=O)N1CCC[C@H]1[C@H](OC)[C@@H](C)C(=O)N[C@H](C)C(O)c1ccccc1)OC)N(C)C(=O)[C@H](NC(=O)C(C(C)C)N(C)C(=O)OCc1ccc(NC(=O)CCCCNC(N)=O)cc1)C(C)C. The van der Waals surface area contributed by atoms with Crippen LogP contribution in [0.4, 0.5) is 15.3 Å². The van der Waals surface area contributed by atoms with E-state index in [4.69, 9.17) is 19.9 Å². The number of likely N-dealkylation sites (tertiary alicyclic amines) is 1. The summed E-state index contributed by atoms with van der Waals surface area (Å²) in [7, 11) is 6.17. The number of nitrogens with two attached hydrogens (primary N) is 1. The molecule has 1 aliphatic heterocycles. The number of primary amides is 1. The van der Waals surface area contributed by atoms with Crippen molar-refractivity contribution in [3.05, 3.63) is 65.7 Å². The second-order valence-electron chi connectivity index (χ2n) is 19.8. The molecule has 1 heterocycles. The first-order valence-corrected chi connectivity index (χ1v) is 25.3. The van der Waals surface area contributed by atoms with Crippen LogP contribution in [0.1, 0.15) is 118 Å². The molecule has 2 aromatic carbocycles. The number of likely N-dealkylation sites (N-methyl/N-ethyl adjacent to an activating group) is 2. The van der Waals surface area contributed by atoms with E-state index in [1.807, 2.05) is 45.9 Å². The molecule has 10 atom stereocenters. The fourth-order valence-corrected chi connectivity index (χ4v) is 9.47. The minimum absolute atomic E-state index is 0.0568. The summed E-state index contributed by atoms with van der Waals surface area (Å²) in [6.45, 7) is 15.5. The van der Waals surface area contributed by atoms with Crippen molar-refractivity contribution in [1.29, 1.82) is 0 Å². The monoisotopic (exact) mass is 1010 g/mol. The molecule has 1 saturated heterocycles. The lowest BCUT2D eigenvalue weighted by molar-refractivity contribution is -0.148. The maximum atomic E-state index is 14.6. The number of anilines is 1. The molecule has 19 heteroatoms. The maximum absolute atomic E-state index is 14.6. The maximum Gasteiger partial charge on any atom is 0.410 e. The molecule has 0 aromatic heterocycles. The Balaban J connectivity index is 1.68. The number of unbranched alkanes of at least 4 members (excludes halogenated alkanes) is 1. The zero-order valence-corrected chi connectivity index (χ0v) is 44.6. The summed E-state index contributed by atoms with van der Waals surface area (Å²) in [5.41, 5.74) is 6.96. The lowest BCUT2D eigenvalue weighted by Crippen LogP contribution is -2.60. The molecule has 8 amide bonds. The number of carbonyl (C=O) groups excluding carboxylic acids is 7. The number of nitrogens with zero attached hydrogens (tertiary/aromatic N) is 3. The van der Waals surface area contributed by atoms with Crippen LogP contribution in [0.15, 0.2) is 54.6 Å². The Morgan fingerprint density at radius 3 is 2.06 bits per heavy atom. The quantitative estimate of drug-likeness (QED) is 0.0593. The first-order valence-electron chi connectivity index (χ1n) is 25.3. The number of hydrogen-bond acceptors (Lipinski definition) is 11. The van der Waals surface area contributed by atoms with Gasteiger partial charge in [0.25, 0.3) is 0 Å². The van der Waals surface area contributed by atoms with Gasteiger partial charge in [-0.25, -0.2) is 9.59 Å². The van der Waals surface area contributed by atoms with Gasteiger partial charge in [0.05, 0.1) is 48.8 Å². The molecule has 0 bridgehead atoms. The summed E-state index contributed by atoms with van der Waals surface area (Å²) in [4.78, 5) is 97.9. The van der Waals surface area contributed by atoms with E-state index in [-0.39, 0.29) is 60.8 Å². The summed E-state index contributed by atoms with van der Waals surface area (Å²) in [5.74, 6) is -3.15. The van der Waals surface area contributed by atoms with Crippen LogP contribution in [0.5, 0.6) is 0 Å². The third-order valence-corrected chi connectivity index (χ3v) is 13.8. The molecule has 3 rings (SSSR count). The predicted molar refractivity (Wildman–Crippen MR) is 275 cm³/mol. The van der Waals surface area contributed by atoms with Gasteiger partial charge in [0.1, 0.15) is 18.7 Å². The van der Waals surface area contributed by atoms with E-state index in [9.17, 15) is 38.7 Å². The van der Waals surface area contributed by atoms with Gasteiger partial charge in [-0.3, -0.25) is 28.9 Å². The van der Waals surface area contributed by atoms with Crippen LogP contribution in [0, 0.1) is 23.7 Å². The number of ether oxygens (including phenoxy) is 3. The van der Waals surface area contributed by atoms with E-state index in [2.05, 4.69) is 21.3 Å². The van der Waals surface area contributed by atoms with Crippen LogP contribution >= 0.6 is 0 Å².